The van der Waals surface area contributed by atoms with Crippen LogP contribution in [0.3, 0.4) is 0 Å². The number of ether oxygens (including phenoxy) is 1. The predicted molar refractivity (Wildman–Crippen MR) is 89.5 cm³/mol. The highest BCUT2D eigenvalue weighted by Gasteiger charge is 2.31. The Morgan fingerprint density at radius 3 is 2.79 bits per heavy atom. The highest BCUT2D eigenvalue weighted by molar-refractivity contribution is 7.99. The maximum Gasteiger partial charge on any atom is 0.300 e. The Balaban J connectivity index is 0.000000648. The van der Waals surface area contributed by atoms with E-state index in [0.717, 1.165) is 30.7 Å². The molecular weight excluding hydrogens is 334 g/mol. The third-order valence-electron chi connectivity index (χ3n) is 3.54. The number of carbonyl (C=O) groups excluding carboxylic acids is 1. The zero-order valence-corrected chi connectivity index (χ0v) is 14.7. The number of hydrogen-bond acceptors (Lipinski definition) is 7. The first-order chi connectivity index (χ1) is 11.4. The van der Waals surface area contributed by atoms with Crippen LogP contribution in [-0.2, 0) is 14.3 Å². The minimum Gasteiger partial charge on any atom is -0.481 e. The van der Waals surface area contributed by atoms with E-state index in [-0.39, 0.29) is 24.0 Å². The van der Waals surface area contributed by atoms with Crippen molar-refractivity contribution in [3.63, 3.8) is 0 Å². The van der Waals surface area contributed by atoms with Gasteiger partial charge in [-0.2, -0.15) is 5.10 Å². The molecule has 1 aliphatic rings. The smallest absolute Gasteiger partial charge is 0.300 e. The molecular formula is C14H25N5O4S. The SMILES string of the molecule is CC(=O)O.CO[C@@H]1CC[C@H](C(=O)NCCSc2ncn[nH]2)C[C@H]1N. The minimum atomic E-state index is -0.833. The lowest BCUT2D eigenvalue weighted by Crippen LogP contribution is -2.45. The van der Waals surface area contributed by atoms with Gasteiger partial charge in [0.15, 0.2) is 5.16 Å². The Labute approximate surface area is 145 Å². The molecule has 0 unspecified atom stereocenters. The number of aromatic nitrogens is 3. The van der Waals surface area contributed by atoms with Crippen LogP contribution in [0.25, 0.3) is 0 Å². The highest BCUT2D eigenvalue weighted by Crippen LogP contribution is 2.25. The summed E-state index contributed by atoms with van der Waals surface area (Å²) in [6.45, 7) is 1.70. The van der Waals surface area contributed by atoms with Gasteiger partial charge < -0.3 is 20.9 Å². The second kappa shape index (κ2) is 11.0. The minimum absolute atomic E-state index is 0.00618. The molecule has 10 heteroatoms. The van der Waals surface area contributed by atoms with Crippen molar-refractivity contribution in [2.24, 2.45) is 11.7 Å². The van der Waals surface area contributed by atoms with E-state index in [9.17, 15) is 4.79 Å². The zero-order valence-electron chi connectivity index (χ0n) is 13.9. The number of carbonyl (C=O) groups is 2. The Kier molecular flexibility index (Phi) is 9.35. The molecule has 1 fully saturated rings. The van der Waals surface area contributed by atoms with Gasteiger partial charge in [0.1, 0.15) is 6.33 Å². The quantitative estimate of drug-likeness (QED) is 0.418. The number of carboxylic acids is 1. The van der Waals surface area contributed by atoms with Crippen molar-refractivity contribution in [1.29, 1.82) is 0 Å². The summed E-state index contributed by atoms with van der Waals surface area (Å²) in [6.07, 6.45) is 3.94. The molecule has 1 aliphatic carbocycles. The number of aromatic amines is 1. The maximum absolute atomic E-state index is 12.0. The molecule has 3 atom stereocenters. The molecule has 1 heterocycles. The van der Waals surface area contributed by atoms with E-state index >= 15 is 0 Å². The molecule has 1 aromatic heterocycles. The number of H-pyrrole nitrogens is 1. The molecule has 1 saturated carbocycles. The van der Waals surface area contributed by atoms with Gasteiger partial charge in [-0.15, -0.1) is 0 Å². The van der Waals surface area contributed by atoms with Crippen LogP contribution in [-0.4, -0.2) is 63.7 Å². The van der Waals surface area contributed by atoms with Gasteiger partial charge in [0.2, 0.25) is 5.91 Å². The maximum atomic E-state index is 12.0. The molecule has 0 aromatic carbocycles. The number of rotatable bonds is 6. The van der Waals surface area contributed by atoms with Crippen molar-refractivity contribution < 1.29 is 19.4 Å². The van der Waals surface area contributed by atoms with Crippen LogP contribution < -0.4 is 11.1 Å². The summed E-state index contributed by atoms with van der Waals surface area (Å²) in [6, 6.07) is -0.0481. The summed E-state index contributed by atoms with van der Waals surface area (Å²) < 4.78 is 5.29. The number of nitrogens with zero attached hydrogens (tertiary/aromatic N) is 2. The van der Waals surface area contributed by atoms with E-state index < -0.39 is 5.97 Å². The Hall–Kier alpha value is -1.65. The normalized spacial score (nSPS) is 23.0. The average molecular weight is 359 g/mol. The van der Waals surface area contributed by atoms with Gasteiger partial charge in [0, 0.05) is 38.3 Å². The molecule has 0 radical (unpaired) electrons. The second-order valence-electron chi connectivity index (χ2n) is 5.40. The number of methoxy groups -OCH3 is 1. The van der Waals surface area contributed by atoms with Gasteiger partial charge >= 0.3 is 0 Å². The first kappa shape index (κ1) is 20.4. The van der Waals surface area contributed by atoms with E-state index in [1.807, 2.05) is 0 Å². The number of amides is 1. The van der Waals surface area contributed by atoms with Gasteiger partial charge in [0.05, 0.1) is 6.10 Å². The van der Waals surface area contributed by atoms with Gasteiger partial charge in [0.25, 0.3) is 5.97 Å². The molecule has 1 aromatic rings. The molecule has 0 spiro atoms. The van der Waals surface area contributed by atoms with E-state index in [2.05, 4.69) is 20.5 Å². The van der Waals surface area contributed by atoms with E-state index in [1.165, 1.54) is 18.1 Å². The van der Waals surface area contributed by atoms with Gasteiger partial charge in [-0.3, -0.25) is 14.7 Å². The van der Waals surface area contributed by atoms with Crippen molar-refractivity contribution in [1.82, 2.24) is 20.5 Å². The first-order valence-electron chi connectivity index (χ1n) is 7.67. The monoisotopic (exact) mass is 359 g/mol. The fourth-order valence-electron chi connectivity index (χ4n) is 2.44. The van der Waals surface area contributed by atoms with Crippen LogP contribution in [0, 0.1) is 5.92 Å². The molecule has 0 bridgehead atoms. The number of aliphatic carboxylic acids is 1. The van der Waals surface area contributed by atoms with E-state index in [0.29, 0.717) is 13.0 Å². The average Bonchev–Trinajstić information content (AvgIpc) is 3.04. The molecule has 24 heavy (non-hydrogen) atoms. The van der Waals surface area contributed by atoms with Crippen molar-refractivity contribution in [3.8, 4) is 0 Å². The fourth-order valence-corrected chi connectivity index (χ4v) is 3.07. The van der Waals surface area contributed by atoms with Gasteiger partial charge in [-0.1, -0.05) is 11.8 Å². The number of hydrogen-bond donors (Lipinski definition) is 4. The third kappa shape index (κ3) is 7.75. The van der Waals surface area contributed by atoms with Crippen LogP contribution in [0.2, 0.25) is 0 Å². The lowest BCUT2D eigenvalue weighted by molar-refractivity contribution is -0.134. The number of nitrogens with one attached hydrogen (secondary N) is 2. The Bertz CT molecular complexity index is 495. The number of nitrogens with two attached hydrogens (primary N) is 1. The molecule has 9 nitrogen and oxygen atoms in total. The summed E-state index contributed by atoms with van der Waals surface area (Å²) >= 11 is 1.53. The van der Waals surface area contributed by atoms with Crippen LogP contribution in [0.4, 0.5) is 0 Å². The van der Waals surface area contributed by atoms with Gasteiger partial charge in [-0.05, 0) is 19.3 Å². The fraction of sp³-hybridized carbons (Fsp3) is 0.714. The predicted octanol–water partition coefficient (Wildman–Crippen LogP) is 0.246. The van der Waals surface area contributed by atoms with Crippen LogP contribution >= 0.6 is 11.8 Å². The lowest BCUT2D eigenvalue weighted by Gasteiger charge is -2.32. The van der Waals surface area contributed by atoms with Crippen molar-refractivity contribution >= 4 is 23.6 Å². The Morgan fingerprint density at radius 2 is 2.25 bits per heavy atom. The van der Waals surface area contributed by atoms with E-state index in [4.69, 9.17) is 20.4 Å². The van der Waals surface area contributed by atoms with Crippen molar-refractivity contribution in [3.05, 3.63) is 6.33 Å². The third-order valence-corrected chi connectivity index (χ3v) is 4.42. The molecule has 5 N–H and O–H groups in total. The Morgan fingerprint density at radius 1 is 1.54 bits per heavy atom. The molecule has 0 saturated heterocycles. The number of carboxylic acid groups (broad SMARTS) is 1. The van der Waals surface area contributed by atoms with Crippen LogP contribution in [0.5, 0.6) is 0 Å². The molecule has 1 amide bonds. The second-order valence-corrected chi connectivity index (χ2v) is 6.48. The summed E-state index contributed by atoms with van der Waals surface area (Å²) in [4.78, 5) is 25.1. The summed E-state index contributed by atoms with van der Waals surface area (Å²) in [5.41, 5.74) is 6.01. The number of thioether (sulfide) groups is 1. The summed E-state index contributed by atoms with van der Waals surface area (Å²) in [7, 11) is 1.67. The summed E-state index contributed by atoms with van der Waals surface area (Å²) in [5, 5.41) is 17.7. The van der Waals surface area contributed by atoms with Crippen LogP contribution in [0.15, 0.2) is 11.5 Å². The van der Waals surface area contributed by atoms with Crippen LogP contribution in [0.1, 0.15) is 26.2 Å². The van der Waals surface area contributed by atoms with Crippen molar-refractivity contribution in [2.75, 3.05) is 19.4 Å². The largest absolute Gasteiger partial charge is 0.481 e. The van der Waals surface area contributed by atoms with E-state index in [1.54, 1.807) is 7.11 Å². The topological polar surface area (TPSA) is 143 Å². The van der Waals surface area contributed by atoms with Crippen molar-refractivity contribution in [2.45, 2.75) is 43.5 Å². The molecule has 2 rings (SSSR count). The van der Waals surface area contributed by atoms with Gasteiger partial charge in [-0.25, -0.2) is 4.98 Å². The first-order valence-corrected chi connectivity index (χ1v) is 8.66. The zero-order chi connectivity index (χ0) is 17.9. The lowest BCUT2D eigenvalue weighted by atomic mass is 9.83. The molecule has 0 aliphatic heterocycles. The summed E-state index contributed by atoms with van der Waals surface area (Å²) in [5.74, 6) is 0.0280. The highest BCUT2D eigenvalue weighted by atomic mass is 32.2. The standard InChI is InChI=1S/C12H21N5O2S.C2H4O2/c1-19-10-3-2-8(6-9(10)13)11(18)14-4-5-20-12-15-7-16-17-12;1-2(3)4/h7-10H,2-6,13H2,1H3,(H,14,18)(H,15,16,17);1H3,(H,3,4)/t8-,9+,10+;/m0./s1. The molecule has 136 valence electrons.